The third-order valence-corrected chi connectivity index (χ3v) is 2.00. The standard InChI is InChI=1S/C8H10IN3.HNO3/c9-7-3-1-2-6(4-7)5-12-8(10)11;2-1(3)4/h1-4H,5H2,(H4,10,11,12);(H,2,3,4). The molecule has 0 aromatic heterocycles. The Labute approximate surface area is 105 Å². The second-order valence-electron chi connectivity index (χ2n) is 2.61. The zero-order valence-electron chi connectivity index (χ0n) is 8.21. The first-order valence-electron chi connectivity index (χ1n) is 4.05. The van der Waals surface area contributed by atoms with Gasteiger partial charge in [-0.25, -0.2) is 4.99 Å². The van der Waals surface area contributed by atoms with Crippen LogP contribution >= 0.6 is 22.6 Å². The number of guanidine groups is 1. The fourth-order valence-corrected chi connectivity index (χ4v) is 1.43. The summed E-state index contributed by atoms with van der Waals surface area (Å²) in [4.78, 5) is 12.3. The Bertz CT molecular complexity index is 375. The maximum Gasteiger partial charge on any atom is 0.291 e. The Kier molecular flexibility index (Phi) is 6.92. The van der Waals surface area contributed by atoms with Crippen molar-refractivity contribution in [3.8, 4) is 0 Å². The van der Waals surface area contributed by atoms with Crippen molar-refractivity contribution in [1.82, 2.24) is 0 Å². The van der Waals surface area contributed by atoms with Gasteiger partial charge in [-0.2, -0.15) is 0 Å². The number of hydrogen-bond donors (Lipinski definition) is 3. The van der Waals surface area contributed by atoms with E-state index in [1.54, 1.807) is 0 Å². The van der Waals surface area contributed by atoms with Crippen LogP contribution in [0, 0.1) is 13.7 Å². The second-order valence-corrected chi connectivity index (χ2v) is 3.85. The maximum atomic E-state index is 8.36. The van der Waals surface area contributed by atoms with Gasteiger partial charge in [-0.15, -0.1) is 10.1 Å². The van der Waals surface area contributed by atoms with Crippen molar-refractivity contribution in [3.05, 3.63) is 43.5 Å². The van der Waals surface area contributed by atoms with Gasteiger partial charge >= 0.3 is 0 Å². The Balaban J connectivity index is 0.000000487. The van der Waals surface area contributed by atoms with Crippen LogP contribution in [0.1, 0.15) is 5.56 Å². The van der Waals surface area contributed by atoms with Gasteiger partial charge in [0.15, 0.2) is 5.96 Å². The lowest BCUT2D eigenvalue weighted by Crippen LogP contribution is -2.22. The first-order chi connectivity index (χ1) is 7.41. The van der Waals surface area contributed by atoms with Gasteiger partial charge in [0.05, 0.1) is 6.54 Å². The number of benzene rings is 1. The zero-order chi connectivity index (χ0) is 12.6. The minimum atomic E-state index is -1.50. The van der Waals surface area contributed by atoms with E-state index < -0.39 is 5.09 Å². The largest absolute Gasteiger partial charge is 0.370 e. The number of nitrogens with two attached hydrogens (primary N) is 2. The highest BCUT2D eigenvalue weighted by molar-refractivity contribution is 14.1. The van der Waals surface area contributed by atoms with Crippen LogP contribution in [0.4, 0.5) is 0 Å². The summed E-state index contributed by atoms with van der Waals surface area (Å²) >= 11 is 2.25. The lowest BCUT2D eigenvalue weighted by atomic mass is 10.2. The first kappa shape index (κ1) is 14.4. The molecule has 7 nitrogen and oxygen atoms in total. The Morgan fingerprint density at radius 1 is 1.56 bits per heavy atom. The third kappa shape index (κ3) is 8.99. The van der Waals surface area contributed by atoms with Crippen LogP contribution in [0.25, 0.3) is 0 Å². The predicted molar refractivity (Wildman–Crippen MR) is 67.5 cm³/mol. The summed E-state index contributed by atoms with van der Waals surface area (Å²) in [6.07, 6.45) is 0. The number of nitrogens with zero attached hydrogens (tertiary/aromatic N) is 2. The molecule has 0 saturated carbocycles. The number of rotatable bonds is 2. The minimum Gasteiger partial charge on any atom is -0.370 e. The quantitative estimate of drug-likeness (QED) is 0.241. The molecular weight excluding hydrogens is 327 g/mol. The summed E-state index contributed by atoms with van der Waals surface area (Å²) in [6, 6.07) is 8.06. The third-order valence-electron chi connectivity index (χ3n) is 1.33. The normalized spacial score (nSPS) is 8.56. The summed E-state index contributed by atoms with van der Waals surface area (Å²) in [5.74, 6) is 0.133. The monoisotopic (exact) mass is 338 g/mol. The van der Waals surface area contributed by atoms with Crippen molar-refractivity contribution in [2.45, 2.75) is 6.54 Å². The van der Waals surface area contributed by atoms with E-state index in [0.29, 0.717) is 6.54 Å². The van der Waals surface area contributed by atoms with Gasteiger partial charge in [0, 0.05) is 3.57 Å². The molecule has 0 spiro atoms. The van der Waals surface area contributed by atoms with Crippen LogP contribution < -0.4 is 11.5 Å². The zero-order valence-corrected chi connectivity index (χ0v) is 10.4. The fourth-order valence-electron chi connectivity index (χ4n) is 0.818. The van der Waals surface area contributed by atoms with Gasteiger partial charge < -0.3 is 16.7 Å². The second kappa shape index (κ2) is 7.68. The molecule has 0 fully saturated rings. The smallest absolute Gasteiger partial charge is 0.291 e. The van der Waals surface area contributed by atoms with Gasteiger partial charge in [-0.1, -0.05) is 12.1 Å². The molecule has 1 rings (SSSR count). The molecule has 8 heteroatoms. The van der Waals surface area contributed by atoms with Crippen LogP contribution in [-0.4, -0.2) is 16.3 Å². The van der Waals surface area contributed by atoms with Crippen molar-refractivity contribution in [3.63, 3.8) is 0 Å². The molecule has 0 heterocycles. The lowest BCUT2D eigenvalue weighted by Gasteiger charge is -1.97. The lowest BCUT2D eigenvalue weighted by molar-refractivity contribution is -0.742. The van der Waals surface area contributed by atoms with Crippen molar-refractivity contribution >= 4 is 28.6 Å². The van der Waals surface area contributed by atoms with Crippen molar-refractivity contribution in [2.75, 3.05) is 0 Å². The summed E-state index contributed by atoms with van der Waals surface area (Å²) in [5, 5.41) is 13.6. The van der Waals surface area contributed by atoms with Crippen LogP contribution in [0.5, 0.6) is 0 Å². The molecule has 0 amide bonds. The highest BCUT2D eigenvalue weighted by Crippen LogP contribution is 2.08. The molecule has 5 N–H and O–H groups in total. The van der Waals surface area contributed by atoms with Gasteiger partial charge in [-0.05, 0) is 40.3 Å². The van der Waals surface area contributed by atoms with E-state index in [1.165, 1.54) is 3.57 Å². The van der Waals surface area contributed by atoms with Crippen molar-refractivity contribution in [1.29, 1.82) is 0 Å². The fraction of sp³-hybridized carbons (Fsp3) is 0.125. The first-order valence-corrected chi connectivity index (χ1v) is 5.12. The van der Waals surface area contributed by atoms with E-state index in [4.69, 9.17) is 26.8 Å². The van der Waals surface area contributed by atoms with E-state index in [1.807, 2.05) is 24.3 Å². The number of halogens is 1. The van der Waals surface area contributed by atoms with Gasteiger partial charge in [0.2, 0.25) is 0 Å². The van der Waals surface area contributed by atoms with Crippen LogP contribution in [0.15, 0.2) is 29.3 Å². The highest BCUT2D eigenvalue weighted by Gasteiger charge is 1.91. The van der Waals surface area contributed by atoms with Gasteiger partial charge in [0.25, 0.3) is 5.09 Å². The topological polar surface area (TPSA) is 128 Å². The SMILES string of the molecule is NC(N)=NCc1cccc(I)c1.O=[N+]([O-])O. The molecule has 0 bridgehead atoms. The molecular formula is C8H11IN4O3. The van der Waals surface area contributed by atoms with Crippen LogP contribution in [-0.2, 0) is 6.54 Å². The van der Waals surface area contributed by atoms with Gasteiger partial charge in [0.1, 0.15) is 0 Å². The Morgan fingerprint density at radius 3 is 2.56 bits per heavy atom. The molecule has 16 heavy (non-hydrogen) atoms. The molecule has 0 saturated heterocycles. The predicted octanol–water partition coefficient (Wildman–Crippen LogP) is 0.717. The molecule has 0 atom stereocenters. The molecule has 0 aliphatic rings. The maximum absolute atomic E-state index is 8.36. The minimum absolute atomic E-state index is 0.133. The van der Waals surface area contributed by atoms with Crippen molar-refractivity contribution in [2.24, 2.45) is 16.5 Å². The number of aliphatic imine (C=N–C) groups is 1. The molecule has 0 aliphatic heterocycles. The summed E-state index contributed by atoms with van der Waals surface area (Å²) in [7, 11) is 0. The Hall–Kier alpha value is -1.58. The summed E-state index contributed by atoms with van der Waals surface area (Å²) < 4.78 is 1.19. The van der Waals surface area contributed by atoms with E-state index >= 15 is 0 Å². The molecule has 0 unspecified atom stereocenters. The molecule has 1 aromatic carbocycles. The molecule has 0 radical (unpaired) electrons. The number of hydrogen-bond acceptors (Lipinski definition) is 3. The summed E-state index contributed by atoms with van der Waals surface area (Å²) in [5.41, 5.74) is 11.5. The average Bonchev–Trinajstić information content (AvgIpc) is 2.14. The van der Waals surface area contributed by atoms with Crippen LogP contribution in [0.2, 0.25) is 0 Å². The average molecular weight is 338 g/mol. The summed E-state index contributed by atoms with van der Waals surface area (Å²) in [6.45, 7) is 0.555. The highest BCUT2D eigenvalue weighted by atomic mass is 127. The van der Waals surface area contributed by atoms with Gasteiger partial charge in [-0.3, -0.25) is 0 Å². The van der Waals surface area contributed by atoms with E-state index in [0.717, 1.165) is 5.56 Å². The van der Waals surface area contributed by atoms with Crippen molar-refractivity contribution < 1.29 is 10.3 Å². The van der Waals surface area contributed by atoms with Crippen LogP contribution in [0.3, 0.4) is 0 Å². The molecule has 0 aliphatic carbocycles. The Morgan fingerprint density at radius 2 is 2.12 bits per heavy atom. The molecule has 88 valence electrons. The van der Waals surface area contributed by atoms with E-state index in [2.05, 4.69) is 27.6 Å². The van der Waals surface area contributed by atoms with E-state index in [-0.39, 0.29) is 5.96 Å². The molecule has 1 aromatic rings. The van der Waals surface area contributed by atoms with E-state index in [9.17, 15) is 0 Å².